The zero-order valence-corrected chi connectivity index (χ0v) is 15.9. The van der Waals surface area contributed by atoms with Gasteiger partial charge in [0.25, 0.3) is 5.91 Å². The molecule has 0 saturated carbocycles. The Hall–Kier alpha value is -3.06. The number of morpholine rings is 1. The number of hydrogen-bond acceptors (Lipinski definition) is 6. The fraction of sp³-hybridized carbons (Fsp3) is 0.333. The molecule has 7 heteroatoms. The van der Waals surface area contributed by atoms with Gasteiger partial charge in [-0.05, 0) is 12.1 Å². The van der Waals surface area contributed by atoms with Crippen LogP contribution in [0.15, 0.2) is 48.5 Å². The molecule has 0 N–H and O–H groups in total. The second-order valence-electron chi connectivity index (χ2n) is 6.17. The van der Waals surface area contributed by atoms with Crippen molar-refractivity contribution in [3.8, 4) is 11.5 Å². The summed E-state index contributed by atoms with van der Waals surface area (Å²) in [6.07, 6.45) is -1.07. The van der Waals surface area contributed by atoms with Crippen LogP contribution in [0.5, 0.6) is 11.5 Å². The Morgan fingerprint density at radius 2 is 1.54 bits per heavy atom. The zero-order valence-electron chi connectivity index (χ0n) is 15.9. The van der Waals surface area contributed by atoms with E-state index in [2.05, 4.69) is 0 Å². The van der Waals surface area contributed by atoms with E-state index in [-0.39, 0.29) is 11.5 Å². The molecule has 2 aromatic rings. The van der Waals surface area contributed by atoms with Crippen LogP contribution in [0, 0.1) is 0 Å². The number of methoxy groups -OCH3 is 2. The van der Waals surface area contributed by atoms with Gasteiger partial charge in [0.15, 0.2) is 0 Å². The van der Waals surface area contributed by atoms with Crippen LogP contribution in [-0.4, -0.2) is 57.3 Å². The minimum Gasteiger partial charge on any atom is -0.496 e. The van der Waals surface area contributed by atoms with Gasteiger partial charge in [0, 0.05) is 18.7 Å². The van der Waals surface area contributed by atoms with Crippen molar-refractivity contribution in [1.29, 1.82) is 0 Å². The van der Waals surface area contributed by atoms with Crippen molar-refractivity contribution in [1.82, 2.24) is 4.90 Å². The van der Waals surface area contributed by atoms with Crippen molar-refractivity contribution in [2.75, 3.05) is 40.5 Å². The first-order valence-corrected chi connectivity index (χ1v) is 8.99. The first-order valence-electron chi connectivity index (χ1n) is 8.99. The number of carbonyl (C=O) groups excluding carboxylic acids is 2. The summed E-state index contributed by atoms with van der Waals surface area (Å²) in [5.41, 5.74) is 0.740. The van der Waals surface area contributed by atoms with E-state index in [1.54, 1.807) is 47.4 Å². The van der Waals surface area contributed by atoms with Crippen LogP contribution in [0.3, 0.4) is 0 Å². The lowest BCUT2D eigenvalue weighted by molar-refractivity contribution is -0.145. The molecule has 1 heterocycles. The number of ether oxygens (including phenoxy) is 4. The predicted octanol–water partition coefficient (Wildman–Crippen LogP) is 2.46. The van der Waals surface area contributed by atoms with Gasteiger partial charge in [0.1, 0.15) is 17.1 Å². The fourth-order valence-electron chi connectivity index (χ4n) is 3.06. The quantitative estimate of drug-likeness (QED) is 0.711. The molecule has 0 spiro atoms. The summed E-state index contributed by atoms with van der Waals surface area (Å²) in [5, 5.41) is 0. The highest BCUT2D eigenvalue weighted by Gasteiger charge is 2.32. The molecule has 1 fully saturated rings. The molecular formula is C21H23NO6. The summed E-state index contributed by atoms with van der Waals surface area (Å²) in [5.74, 6) is -0.341. The van der Waals surface area contributed by atoms with E-state index in [1.165, 1.54) is 14.2 Å². The van der Waals surface area contributed by atoms with Crippen LogP contribution in [0.25, 0.3) is 0 Å². The van der Waals surface area contributed by atoms with Crippen molar-refractivity contribution >= 4 is 11.9 Å². The molecule has 1 saturated heterocycles. The van der Waals surface area contributed by atoms with E-state index in [1.807, 2.05) is 6.07 Å². The van der Waals surface area contributed by atoms with E-state index in [4.69, 9.17) is 18.9 Å². The van der Waals surface area contributed by atoms with Gasteiger partial charge in [-0.15, -0.1) is 0 Å². The largest absolute Gasteiger partial charge is 0.496 e. The Labute approximate surface area is 163 Å². The molecule has 0 aliphatic carbocycles. The zero-order chi connectivity index (χ0) is 19.9. The highest BCUT2D eigenvalue weighted by Crippen LogP contribution is 2.31. The molecule has 1 atom stereocenters. The molecule has 1 aliphatic rings. The Morgan fingerprint density at radius 3 is 2.11 bits per heavy atom. The first-order chi connectivity index (χ1) is 13.7. The third kappa shape index (κ3) is 4.26. The summed E-state index contributed by atoms with van der Waals surface area (Å²) >= 11 is 0. The molecule has 2 aromatic carbocycles. The molecule has 7 nitrogen and oxygen atoms in total. The molecule has 1 amide bonds. The lowest BCUT2D eigenvalue weighted by Crippen LogP contribution is -2.44. The van der Waals surface area contributed by atoms with Gasteiger partial charge in [0.05, 0.1) is 27.4 Å². The number of nitrogens with zero attached hydrogens (tertiary/aromatic N) is 1. The Kier molecular flexibility index (Phi) is 6.49. The first kappa shape index (κ1) is 19.7. The van der Waals surface area contributed by atoms with Crippen LogP contribution in [0.4, 0.5) is 0 Å². The molecule has 28 heavy (non-hydrogen) atoms. The van der Waals surface area contributed by atoms with Gasteiger partial charge in [0.2, 0.25) is 6.10 Å². The van der Waals surface area contributed by atoms with E-state index in [0.29, 0.717) is 43.4 Å². The second-order valence-corrected chi connectivity index (χ2v) is 6.17. The van der Waals surface area contributed by atoms with Gasteiger partial charge >= 0.3 is 5.97 Å². The van der Waals surface area contributed by atoms with Gasteiger partial charge in [-0.2, -0.15) is 0 Å². The summed E-state index contributed by atoms with van der Waals surface area (Å²) in [6.45, 7) is 1.83. The molecule has 0 aromatic heterocycles. The normalized spacial score (nSPS) is 14.9. The smallest absolute Gasteiger partial charge is 0.346 e. The number of amides is 1. The maximum absolute atomic E-state index is 13.1. The van der Waals surface area contributed by atoms with E-state index >= 15 is 0 Å². The van der Waals surface area contributed by atoms with Crippen molar-refractivity contribution in [2.45, 2.75) is 6.10 Å². The minimum absolute atomic E-state index is 0.142. The molecule has 1 aliphatic heterocycles. The Balaban J connectivity index is 1.92. The standard InChI is InChI=1S/C21H23NO6/c1-25-16-9-6-10-17(26-2)18(16)21(24)28-19(15-7-4-3-5-8-15)20(23)22-11-13-27-14-12-22/h3-10,19H,11-14H2,1-2H3/t19-/m1/s1. The average Bonchev–Trinajstić information content (AvgIpc) is 2.77. The van der Waals surface area contributed by atoms with Crippen LogP contribution in [0.2, 0.25) is 0 Å². The lowest BCUT2D eigenvalue weighted by Gasteiger charge is -2.30. The third-order valence-electron chi connectivity index (χ3n) is 4.51. The Morgan fingerprint density at radius 1 is 0.929 bits per heavy atom. The maximum atomic E-state index is 13.1. The van der Waals surface area contributed by atoms with Gasteiger partial charge in [-0.25, -0.2) is 4.79 Å². The monoisotopic (exact) mass is 385 g/mol. The molecular weight excluding hydrogens is 362 g/mol. The highest BCUT2D eigenvalue weighted by atomic mass is 16.6. The lowest BCUT2D eigenvalue weighted by atomic mass is 10.1. The van der Waals surface area contributed by atoms with Crippen LogP contribution in [-0.2, 0) is 14.3 Å². The average molecular weight is 385 g/mol. The van der Waals surface area contributed by atoms with E-state index in [0.717, 1.165) is 0 Å². The topological polar surface area (TPSA) is 74.3 Å². The summed E-state index contributed by atoms with van der Waals surface area (Å²) in [4.78, 5) is 27.7. The van der Waals surface area contributed by atoms with Crippen molar-refractivity contribution in [3.05, 3.63) is 59.7 Å². The number of carbonyl (C=O) groups is 2. The Bertz CT molecular complexity index is 795. The number of esters is 1. The highest BCUT2D eigenvalue weighted by molar-refractivity contribution is 5.97. The fourth-order valence-corrected chi connectivity index (χ4v) is 3.06. The van der Waals surface area contributed by atoms with E-state index < -0.39 is 12.1 Å². The van der Waals surface area contributed by atoms with Crippen LogP contribution in [0.1, 0.15) is 22.0 Å². The van der Waals surface area contributed by atoms with Gasteiger partial charge in [-0.1, -0.05) is 36.4 Å². The van der Waals surface area contributed by atoms with Crippen LogP contribution >= 0.6 is 0 Å². The van der Waals surface area contributed by atoms with Gasteiger partial charge < -0.3 is 23.8 Å². The molecule has 3 rings (SSSR count). The SMILES string of the molecule is COc1cccc(OC)c1C(=O)O[C@@H](C(=O)N1CCOCC1)c1ccccc1. The van der Waals surface area contributed by atoms with Crippen LogP contribution < -0.4 is 9.47 Å². The third-order valence-corrected chi connectivity index (χ3v) is 4.51. The van der Waals surface area contributed by atoms with Crippen molar-refractivity contribution < 1.29 is 28.5 Å². The van der Waals surface area contributed by atoms with Gasteiger partial charge in [-0.3, -0.25) is 4.79 Å². The molecule has 0 bridgehead atoms. The van der Waals surface area contributed by atoms with Crippen molar-refractivity contribution in [2.24, 2.45) is 0 Å². The minimum atomic E-state index is -1.07. The summed E-state index contributed by atoms with van der Waals surface area (Å²) < 4.78 is 21.6. The molecule has 148 valence electrons. The summed E-state index contributed by atoms with van der Waals surface area (Å²) in [6, 6.07) is 13.9. The maximum Gasteiger partial charge on any atom is 0.346 e. The predicted molar refractivity (Wildman–Crippen MR) is 102 cm³/mol. The molecule has 0 radical (unpaired) electrons. The number of hydrogen-bond donors (Lipinski definition) is 0. The second kappa shape index (κ2) is 9.23. The summed E-state index contributed by atoms with van der Waals surface area (Å²) in [7, 11) is 2.91. The number of benzene rings is 2. The van der Waals surface area contributed by atoms with E-state index in [9.17, 15) is 9.59 Å². The van der Waals surface area contributed by atoms with Crippen molar-refractivity contribution in [3.63, 3.8) is 0 Å². The molecule has 0 unspecified atom stereocenters. The number of rotatable bonds is 6.